The lowest BCUT2D eigenvalue weighted by Crippen LogP contribution is -2.43. The lowest BCUT2D eigenvalue weighted by Gasteiger charge is -2.19. The summed E-state index contributed by atoms with van der Waals surface area (Å²) >= 11 is 0. The summed E-state index contributed by atoms with van der Waals surface area (Å²) in [6, 6.07) is -0.579. The molecule has 0 aromatic carbocycles. The van der Waals surface area contributed by atoms with Crippen molar-refractivity contribution in [2.24, 2.45) is 17.6 Å². The minimum Gasteiger partial charge on any atom is -0.321 e. The molecule has 1 heterocycles. The first-order chi connectivity index (χ1) is 7.59. The van der Waals surface area contributed by atoms with Crippen LogP contribution in [0, 0.1) is 11.8 Å². The molecule has 3 N–H and O–H groups in total. The minimum atomic E-state index is -0.844. The number of nitrogens with two attached hydrogens (primary N) is 1. The highest BCUT2D eigenvalue weighted by molar-refractivity contribution is 6.15. The summed E-state index contributed by atoms with van der Waals surface area (Å²) in [5.74, 6) is -1.78. The monoisotopic (exact) mass is 224 g/mol. The highest BCUT2D eigenvalue weighted by Crippen LogP contribution is 2.29. The van der Waals surface area contributed by atoms with Crippen molar-refractivity contribution in [3.63, 3.8) is 0 Å². The molecule has 2 unspecified atom stereocenters. The maximum atomic E-state index is 12.0. The van der Waals surface area contributed by atoms with Crippen LogP contribution < -0.4 is 11.1 Å². The molecule has 5 heteroatoms. The maximum Gasteiger partial charge on any atom is 0.237 e. The Labute approximate surface area is 93.8 Å². The summed E-state index contributed by atoms with van der Waals surface area (Å²) in [4.78, 5) is 34.3. The predicted octanol–water partition coefficient (Wildman–Crippen LogP) is -0.264. The summed E-state index contributed by atoms with van der Waals surface area (Å²) in [6.45, 7) is 0. The van der Waals surface area contributed by atoms with Gasteiger partial charge in [0.2, 0.25) is 11.8 Å². The molecular weight excluding hydrogens is 208 g/mol. The first-order valence-corrected chi connectivity index (χ1v) is 5.72. The van der Waals surface area contributed by atoms with E-state index in [1.807, 2.05) is 0 Å². The summed E-state index contributed by atoms with van der Waals surface area (Å²) in [6.07, 6.45) is 4.07. The topological polar surface area (TPSA) is 89.3 Å². The average molecular weight is 224 g/mol. The maximum absolute atomic E-state index is 12.0. The van der Waals surface area contributed by atoms with Gasteiger partial charge in [-0.25, -0.2) is 0 Å². The fourth-order valence-corrected chi connectivity index (χ4v) is 2.56. The van der Waals surface area contributed by atoms with Gasteiger partial charge >= 0.3 is 0 Å². The Bertz CT molecular complexity index is 334. The number of rotatable bonds is 3. The van der Waals surface area contributed by atoms with Gasteiger partial charge in [0, 0.05) is 6.42 Å². The van der Waals surface area contributed by atoms with E-state index in [0.29, 0.717) is 0 Å². The zero-order chi connectivity index (χ0) is 11.7. The number of hydrogen-bond donors (Lipinski definition) is 2. The zero-order valence-electron chi connectivity index (χ0n) is 9.07. The third-order valence-electron chi connectivity index (χ3n) is 3.55. The molecule has 0 aromatic rings. The number of carbonyl (C=O) groups is 3. The molecule has 1 saturated heterocycles. The van der Waals surface area contributed by atoms with Crippen molar-refractivity contribution in [3.8, 4) is 0 Å². The van der Waals surface area contributed by atoms with Crippen molar-refractivity contribution >= 4 is 17.6 Å². The van der Waals surface area contributed by atoms with E-state index in [2.05, 4.69) is 5.32 Å². The molecular formula is C11H16N2O3. The van der Waals surface area contributed by atoms with Crippen molar-refractivity contribution < 1.29 is 14.4 Å². The Morgan fingerprint density at radius 3 is 2.44 bits per heavy atom. The lowest BCUT2D eigenvalue weighted by molar-refractivity contribution is -0.133. The second-order valence-corrected chi connectivity index (χ2v) is 4.64. The number of Topliss-reactive ketones (excluding diaryl/α,β-unsaturated/α-hetero) is 1. The van der Waals surface area contributed by atoms with Crippen LogP contribution in [0.4, 0.5) is 0 Å². The number of amides is 2. The van der Waals surface area contributed by atoms with Gasteiger partial charge in [-0.1, -0.05) is 12.8 Å². The van der Waals surface area contributed by atoms with Crippen LogP contribution in [-0.4, -0.2) is 23.6 Å². The molecule has 0 radical (unpaired) electrons. The number of carbonyl (C=O) groups excluding carboxylic acids is 3. The Kier molecular flexibility index (Phi) is 3.05. The van der Waals surface area contributed by atoms with E-state index in [-0.39, 0.29) is 24.0 Å². The van der Waals surface area contributed by atoms with Gasteiger partial charge in [0.25, 0.3) is 0 Å². The van der Waals surface area contributed by atoms with Gasteiger partial charge in [-0.3, -0.25) is 19.7 Å². The predicted molar refractivity (Wildman–Crippen MR) is 56.2 cm³/mol. The normalized spacial score (nSPS) is 28.2. The lowest BCUT2D eigenvalue weighted by atomic mass is 9.88. The fraction of sp³-hybridized carbons (Fsp3) is 0.727. The first kappa shape index (κ1) is 11.3. The summed E-state index contributed by atoms with van der Waals surface area (Å²) in [5.41, 5.74) is 5.87. The van der Waals surface area contributed by atoms with Crippen LogP contribution in [0.3, 0.4) is 0 Å². The largest absolute Gasteiger partial charge is 0.321 e. The average Bonchev–Trinajstić information content (AvgIpc) is 2.85. The molecule has 0 aromatic heterocycles. The van der Waals surface area contributed by atoms with Crippen LogP contribution in [0.2, 0.25) is 0 Å². The fourth-order valence-electron chi connectivity index (χ4n) is 2.56. The van der Waals surface area contributed by atoms with E-state index in [0.717, 1.165) is 25.7 Å². The van der Waals surface area contributed by atoms with Gasteiger partial charge in [0.05, 0.1) is 6.04 Å². The van der Waals surface area contributed by atoms with Gasteiger partial charge in [0.1, 0.15) is 5.92 Å². The third kappa shape index (κ3) is 2.00. The molecule has 2 fully saturated rings. The van der Waals surface area contributed by atoms with E-state index in [9.17, 15) is 14.4 Å². The first-order valence-electron chi connectivity index (χ1n) is 5.72. The SMILES string of the molecule is NC(C(=O)C1CC(=O)NC1=O)C1CCCC1. The van der Waals surface area contributed by atoms with Crippen molar-refractivity contribution in [3.05, 3.63) is 0 Å². The molecule has 16 heavy (non-hydrogen) atoms. The van der Waals surface area contributed by atoms with Gasteiger partial charge in [-0.15, -0.1) is 0 Å². The van der Waals surface area contributed by atoms with Crippen LogP contribution in [0.15, 0.2) is 0 Å². The number of imide groups is 1. The van der Waals surface area contributed by atoms with Crippen LogP contribution in [-0.2, 0) is 14.4 Å². The molecule has 2 amide bonds. The van der Waals surface area contributed by atoms with Crippen LogP contribution in [0.25, 0.3) is 0 Å². The second-order valence-electron chi connectivity index (χ2n) is 4.64. The molecule has 2 aliphatic rings. The highest BCUT2D eigenvalue weighted by Gasteiger charge is 2.40. The van der Waals surface area contributed by atoms with E-state index in [1.165, 1.54) is 0 Å². The molecule has 2 atom stereocenters. The summed E-state index contributed by atoms with van der Waals surface area (Å²) < 4.78 is 0. The van der Waals surface area contributed by atoms with Crippen molar-refractivity contribution in [2.75, 3.05) is 0 Å². The Morgan fingerprint density at radius 1 is 1.31 bits per heavy atom. The van der Waals surface area contributed by atoms with Crippen molar-refractivity contribution in [1.82, 2.24) is 5.32 Å². The summed E-state index contributed by atoms with van der Waals surface area (Å²) in [7, 11) is 0. The van der Waals surface area contributed by atoms with Crippen molar-refractivity contribution in [2.45, 2.75) is 38.1 Å². The number of nitrogens with one attached hydrogen (secondary N) is 1. The smallest absolute Gasteiger partial charge is 0.237 e. The van der Waals surface area contributed by atoms with Crippen molar-refractivity contribution in [1.29, 1.82) is 0 Å². The molecule has 0 bridgehead atoms. The zero-order valence-corrected chi connectivity index (χ0v) is 9.07. The summed E-state index contributed by atoms with van der Waals surface area (Å²) in [5, 5.41) is 2.14. The van der Waals surface area contributed by atoms with E-state index < -0.39 is 17.9 Å². The van der Waals surface area contributed by atoms with Gasteiger partial charge in [0.15, 0.2) is 5.78 Å². The Balaban J connectivity index is 2.01. The quantitative estimate of drug-likeness (QED) is 0.510. The Hall–Kier alpha value is -1.23. The van der Waals surface area contributed by atoms with Crippen LogP contribution in [0.1, 0.15) is 32.1 Å². The molecule has 0 spiro atoms. The van der Waals surface area contributed by atoms with E-state index in [1.54, 1.807) is 0 Å². The van der Waals surface area contributed by atoms with Crippen LogP contribution >= 0.6 is 0 Å². The van der Waals surface area contributed by atoms with Gasteiger partial charge in [-0.05, 0) is 18.8 Å². The van der Waals surface area contributed by atoms with E-state index in [4.69, 9.17) is 5.73 Å². The number of hydrogen-bond acceptors (Lipinski definition) is 4. The molecule has 88 valence electrons. The second kappa shape index (κ2) is 4.33. The molecule has 1 aliphatic heterocycles. The molecule has 2 rings (SSSR count). The Morgan fingerprint density at radius 2 is 1.94 bits per heavy atom. The number of ketones is 1. The minimum absolute atomic E-state index is 0.0297. The van der Waals surface area contributed by atoms with Gasteiger partial charge < -0.3 is 5.73 Å². The van der Waals surface area contributed by atoms with Gasteiger partial charge in [-0.2, -0.15) is 0 Å². The highest BCUT2D eigenvalue weighted by atomic mass is 16.2. The third-order valence-corrected chi connectivity index (χ3v) is 3.55. The molecule has 5 nitrogen and oxygen atoms in total. The molecule has 1 aliphatic carbocycles. The van der Waals surface area contributed by atoms with Crippen LogP contribution in [0.5, 0.6) is 0 Å². The standard InChI is InChI=1S/C11H16N2O3/c12-9(6-3-1-2-4-6)10(15)7-5-8(14)13-11(7)16/h6-7,9H,1-5,12H2,(H,13,14,16). The van der Waals surface area contributed by atoms with E-state index >= 15 is 0 Å². The molecule has 1 saturated carbocycles.